The summed E-state index contributed by atoms with van der Waals surface area (Å²) in [7, 11) is 0. The molecule has 0 saturated heterocycles. The molecule has 0 aliphatic carbocycles. The van der Waals surface area contributed by atoms with Crippen molar-refractivity contribution in [2.75, 3.05) is 11.9 Å². The molecule has 0 atom stereocenters. The SMILES string of the molecule is O=C(NCCc1ccc(F)cc1)c1cccc(Nc2nccs2)c1. The second kappa shape index (κ2) is 7.70. The van der Waals surface area contributed by atoms with E-state index in [2.05, 4.69) is 15.6 Å². The Hall–Kier alpha value is -2.73. The van der Waals surface area contributed by atoms with E-state index in [-0.39, 0.29) is 11.7 Å². The van der Waals surface area contributed by atoms with Gasteiger partial charge in [0, 0.05) is 29.4 Å². The second-order valence-corrected chi connectivity index (χ2v) is 6.07. The van der Waals surface area contributed by atoms with Gasteiger partial charge in [-0.2, -0.15) is 0 Å². The van der Waals surface area contributed by atoms with Gasteiger partial charge in [-0.15, -0.1) is 11.3 Å². The van der Waals surface area contributed by atoms with Crippen LogP contribution in [0.3, 0.4) is 0 Å². The van der Waals surface area contributed by atoms with Crippen LogP contribution in [0.2, 0.25) is 0 Å². The van der Waals surface area contributed by atoms with Crippen LogP contribution < -0.4 is 10.6 Å². The zero-order chi connectivity index (χ0) is 16.8. The molecular formula is C18H16FN3OS. The molecule has 4 nitrogen and oxygen atoms in total. The fourth-order valence-electron chi connectivity index (χ4n) is 2.22. The third-order valence-electron chi connectivity index (χ3n) is 3.42. The molecule has 0 saturated carbocycles. The molecule has 1 heterocycles. The Labute approximate surface area is 143 Å². The molecule has 0 aliphatic heterocycles. The van der Waals surface area contributed by atoms with Gasteiger partial charge in [0.15, 0.2) is 5.13 Å². The lowest BCUT2D eigenvalue weighted by Gasteiger charge is -2.08. The third kappa shape index (κ3) is 4.39. The minimum atomic E-state index is -0.257. The van der Waals surface area contributed by atoms with Gasteiger partial charge in [0.25, 0.3) is 5.91 Å². The summed E-state index contributed by atoms with van der Waals surface area (Å²) in [4.78, 5) is 16.4. The molecule has 6 heteroatoms. The molecule has 24 heavy (non-hydrogen) atoms. The zero-order valence-corrected chi connectivity index (χ0v) is 13.6. The zero-order valence-electron chi connectivity index (χ0n) is 12.8. The highest BCUT2D eigenvalue weighted by molar-refractivity contribution is 7.13. The Kier molecular flexibility index (Phi) is 5.18. The summed E-state index contributed by atoms with van der Waals surface area (Å²) in [5.41, 5.74) is 2.38. The van der Waals surface area contributed by atoms with Gasteiger partial charge in [0.2, 0.25) is 0 Å². The Bertz CT molecular complexity index is 803. The van der Waals surface area contributed by atoms with E-state index in [1.54, 1.807) is 30.5 Å². The average molecular weight is 341 g/mol. The van der Waals surface area contributed by atoms with Crippen molar-refractivity contribution in [1.29, 1.82) is 0 Å². The summed E-state index contributed by atoms with van der Waals surface area (Å²) in [6.07, 6.45) is 2.38. The van der Waals surface area contributed by atoms with Crippen LogP contribution in [-0.2, 0) is 6.42 Å². The summed E-state index contributed by atoms with van der Waals surface area (Å²) in [6, 6.07) is 13.5. The minimum Gasteiger partial charge on any atom is -0.352 e. The number of carbonyl (C=O) groups is 1. The largest absolute Gasteiger partial charge is 0.352 e. The van der Waals surface area contributed by atoms with Gasteiger partial charge >= 0.3 is 0 Å². The van der Waals surface area contributed by atoms with Crippen LogP contribution in [0.4, 0.5) is 15.2 Å². The van der Waals surface area contributed by atoms with Crippen molar-refractivity contribution < 1.29 is 9.18 Å². The van der Waals surface area contributed by atoms with Gasteiger partial charge in [0.1, 0.15) is 5.82 Å². The first-order valence-electron chi connectivity index (χ1n) is 7.50. The monoisotopic (exact) mass is 341 g/mol. The molecule has 1 aromatic heterocycles. The van der Waals surface area contributed by atoms with Crippen LogP contribution >= 0.6 is 11.3 Å². The van der Waals surface area contributed by atoms with Crippen molar-refractivity contribution in [2.24, 2.45) is 0 Å². The highest BCUT2D eigenvalue weighted by atomic mass is 32.1. The second-order valence-electron chi connectivity index (χ2n) is 5.18. The van der Waals surface area contributed by atoms with Crippen molar-refractivity contribution in [3.63, 3.8) is 0 Å². The fourth-order valence-corrected chi connectivity index (χ4v) is 2.77. The molecule has 0 aliphatic rings. The predicted octanol–water partition coefficient (Wildman–Crippen LogP) is 4.00. The van der Waals surface area contributed by atoms with E-state index >= 15 is 0 Å². The smallest absolute Gasteiger partial charge is 0.251 e. The number of hydrogen-bond acceptors (Lipinski definition) is 4. The van der Waals surface area contributed by atoms with Gasteiger partial charge in [0.05, 0.1) is 0 Å². The van der Waals surface area contributed by atoms with E-state index < -0.39 is 0 Å². The maximum absolute atomic E-state index is 12.9. The minimum absolute atomic E-state index is 0.139. The van der Waals surface area contributed by atoms with E-state index in [0.717, 1.165) is 16.4 Å². The van der Waals surface area contributed by atoms with Crippen LogP contribution in [0.25, 0.3) is 0 Å². The number of thiazole rings is 1. The van der Waals surface area contributed by atoms with Crippen LogP contribution in [0.15, 0.2) is 60.1 Å². The molecule has 0 radical (unpaired) electrons. The Morgan fingerprint density at radius 3 is 2.75 bits per heavy atom. The number of nitrogens with zero attached hydrogens (tertiary/aromatic N) is 1. The molecule has 3 rings (SSSR count). The summed E-state index contributed by atoms with van der Waals surface area (Å²) in [5.74, 6) is -0.396. The van der Waals surface area contributed by atoms with Crippen LogP contribution in [0, 0.1) is 5.82 Å². The Balaban J connectivity index is 1.55. The predicted molar refractivity (Wildman–Crippen MR) is 94.3 cm³/mol. The molecule has 0 bridgehead atoms. The summed E-state index contributed by atoms with van der Waals surface area (Å²) < 4.78 is 12.9. The van der Waals surface area contributed by atoms with E-state index in [4.69, 9.17) is 0 Å². The van der Waals surface area contributed by atoms with Crippen LogP contribution in [0.1, 0.15) is 15.9 Å². The normalized spacial score (nSPS) is 10.4. The summed E-state index contributed by atoms with van der Waals surface area (Å²) >= 11 is 1.50. The number of rotatable bonds is 6. The third-order valence-corrected chi connectivity index (χ3v) is 4.11. The quantitative estimate of drug-likeness (QED) is 0.712. The number of hydrogen-bond donors (Lipinski definition) is 2. The molecule has 0 unspecified atom stereocenters. The van der Waals surface area contributed by atoms with E-state index in [1.807, 2.05) is 17.5 Å². The molecule has 2 aromatic carbocycles. The Morgan fingerprint density at radius 1 is 1.17 bits per heavy atom. The van der Waals surface area contributed by atoms with Gasteiger partial charge in [-0.3, -0.25) is 4.79 Å². The fraction of sp³-hybridized carbons (Fsp3) is 0.111. The van der Waals surface area contributed by atoms with Gasteiger partial charge in [-0.1, -0.05) is 18.2 Å². The molecular weight excluding hydrogens is 325 g/mol. The first-order valence-corrected chi connectivity index (χ1v) is 8.38. The van der Waals surface area contributed by atoms with E-state index in [9.17, 15) is 9.18 Å². The maximum Gasteiger partial charge on any atom is 0.251 e. The van der Waals surface area contributed by atoms with Crippen LogP contribution in [-0.4, -0.2) is 17.4 Å². The van der Waals surface area contributed by atoms with Gasteiger partial charge < -0.3 is 10.6 Å². The molecule has 1 amide bonds. The highest BCUT2D eigenvalue weighted by Crippen LogP contribution is 2.19. The summed E-state index contributed by atoms with van der Waals surface area (Å²) in [6.45, 7) is 0.495. The molecule has 3 aromatic rings. The number of halogens is 1. The molecule has 0 fully saturated rings. The number of nitrogens with one attached hydrogen (secondary N) is 2. The lowest BCUT2D eigenvalue weighted by atomic mass is 10.1. The number of benzene rings is 2. The number of aromatic nitrogens is 1. The van der Waals surface area contributed by atoms with Crippen LogP contribution in [0.5, 0.6) is 0 Å². The summed E-state index contributed by atoms with van der Waals surface area (Å²) in [5, 5.41) is 8.70. The molecule has 0 spiro atoms. The molecule has 122 valence electrons. The average Bonchev–Trinajstić information content (AvgIpc) is 3.10. The lowest BCUT2D eigenvalue weighted by Crippen LogP contribution is -2.25. The number of anilines is 2. The van der Waals surface area contributed by atoms with Crippen molar-refractivity contribution in [3.8, 4) is 0 Å². The van der Waals surface area contributed by atoms with Crippen molar-refractivity contribution in [2.45, 2.75) is 6.42 Å². The van der Waals surface area contributed by atoms with Crippen molar-refractivity contribution in [1.82, 2.24) is 10.3 Å². The lowest BCUT2D eigenvalue weighted by molar-refractivity contribution is 0.0954. The topological polar surface area (TPSA) is 54.0 Å². The van der Waals surface area contributed by atoms with Gasteiger partial charge in [-0.25, -0.2) is 9.37 Å². The maximum atomic E-state index is 12.9. The van der Waals surface area contributed by atoms with E-state index in [1.165, 1.54) is 23.5 Å². The standard InChI is InChI=1S/C18H16FN3OS/c19-15-6-4-13(5-7-15)8-9-20-17(23)14-2-1-3-16(12-14)22-18-21-10-11-24-18/h1-7,10-12H,8-9H2,(H,20,23)(H,21,22). The highest BCUT2D eigenvalue weighted by Gasteiger charge is 2.06. The molecule has 2 N–H and O–H groups in total. The number of carbonyl (C=O) groups excluding carboxylic acids is 1. The Morgan fingerprint density at radius 2 is 2.00 bits per heavy atom. The van der Waals surface area contributed by atoms with E-state index in [0.29, 0.717) is 18.5 Å². The van der Waals surface area contributed by atoms with Crippen molar-refractivity contribution >= 4 is 28.1 Å². The van der Waals surface area contributed by atoms with Gasteiger partial charge in [-0.05, 0) is 42.3 Å². The number of amides is 1. The first kappa shape index (κ1) is 16.1. The first-order chi connectivity index (χ1) is 11.7. The van der Waals surface area contributed by atoms with Crippen molar-refractivity contribution in [3.05, 3.63) is 77.1 Å².